The first-order chi connectivity index (χ1) is 12.2. The minimum Gasteiger partial charge on any atom is -0.496 e. The predicted octanol–water partition coefficient (Wildman–Crippen LogP) is 4.52. The quantitative estimate of drug-likeness (QED) is 0.845. The number of methoxy groups -OCH3 is 2. The van der Waals surface area contributed by atoms with Crippen molar-refractivity contribution in [3.63, 3.8) is 0 Å². The van der Waals surface area contributed by atoms with Crippen molar-refractivity contribution in [2.75, 3.05) is 14.2 Å². The highest BCUT2D eigenvalue weighted by molar-refractivity contribution is 5.95. The Balaban J connectivity index is 2.25. The normalized spacial score (nSPS) is 12.4. The number of carbonyl (C=O) groups is 1. The zero-order valence-electron chi connectivity index (χ0n) is 14.9. The predicted molar refractivity (Wildman–Crippen MR) is 91.6 cm³/mol. The lowest BCUT2D eigenvalue weighted by Crippen LogP contribution is -2.27. The number of ether oxygens (including phenoxy) is 2. The lowest BCUT2D eigenvalue weighted by molar-refractivity contribution is -0.137. The molecule has 140 valence electrons. The van der Waals surface area contributed by atoms with Crippen LogP contribution in [0.2, 0.25) is 0 Å². The maximum atomic E-state index is 12.8. The van der Waals surface area contributed by atoms with Crippen LogP contribution in [-0.2, 0) is 6.18 Å². The van der Waals surface area contributed by atoms with Crippen LogP contribution in [0.15, 0.2) is 36.4 Å². The van der Waals surface area contributed by atoms with Gasteiger partial charge in [0.25, 0.3) is 5.91 Å². The van der Waals surface area contributed by atoms with Gasteiger partial charge in [0.05, 0.1) is 25.8 Å². The summed E-state index contributed by atoms with van der Waals surface area (Å²) < 4.78 is 49.0. The van der Waals surface area contributed by atoms with Crippen molar-refractivity contribution in [3.05, 3.63) is 58.7 Å². The van der Waals surface area contributed by atoms with Crippen molar-refractivity contribution in [3.8, 4) is 11.5 Å². The second-order valence-corrected chi connectivity index (χ2v) is 5.82. The molecule has 1 atom stereocenters. The van der Waals surface area contributed by atoms with E-state index in [1.165, 1.54) is 26.4 Å². The van der Waals surface area contributed by atoms with Gasteiger partial charge >= 0.3 is 6.18 Å². The molecule has 2 aromatic carbocycles. The Kier molecular flexibility index (Phi) is 5.79. The molecular formula is C19H20F3NO3. The van der Waals surface area contributed by atoms with Gasteiger partial charge in [0.1, 0.15) is 11.5 Å². The number of benzene rings is 2. The zero-order chi connectivity index (χ0) is 19.5. The van der Waals surface area contributed by atoms with E-state index >= 15 is 0 Å². The summed E-state index contributed by atoms with van der Waals surface area (Å²) in [5, 5.41) is 2.70. The molecule has 0 aliphatic heterocycles. The Morgan fingerprint density at radius 2 is 1.65 bits per heavy atom. The Hall–Kier alpha value is -2.70. The number of carbonyl (C=O) groups excluding carboxylic acids is 1. The van der Waals surface area contributed by atoms with E-state index in [9.17, 15) is 18.0 Å². The molecule has 26 heavy (non-hydrogen) atoms. The maximum Gasteiger partial charge on any atom is 0.416 e. The summed E-state index contributed by atoms with van der Waals surface area (Å²) in [6.45, 7) is 3.42. The van der Waals surface area contributed by atoms with Crippen molar-refractivity contribution < 1.29 is 27.4 Å². The van der Waals surface area contributed by atoms with Gasteiger partial charge in [-0.2, -0.15) is 13.2 Å². The fraction of sp³-hybridized carbons (Fsp3) is 0.316. The first-order valence-electron chi connectivity index (χ1n) is 7.88. The molecule has 0 aromatic heterocycles. The molecule has 0 aliphatic rings. The number of alkyl halides is 3. The van der Waals surface area contributed by atoms with Crippen molar-refractivity contribution in [2.45, 2.75) is 26.1 Å². The van der Waals surface area contributed by atoms with E-state index in [4.69, 9.17) is 9.47 Å². The number of nitrogens with one attached hydrogen (secondary N) is 1. The first-order valence-corrected chi connectivity index (χ1v) is 7.88. The molecule has 7 heteroatoms. The van der Waals surface area contributed by atoms with Crippen LogP contribution in [0.4, 0.5) is 13.2 Å². The van der Waals surface area contributed by atoms with Crippen molar-refractivity contribution in [1.29, 1.82) is 0 Å². The highest BCUT2D eigenvalue weighted by atomic mass is 19.4. The number of halogens is 3. The van der Waals surface area contributed by atoms with Gasteiger partial charge in [-0.25, -0.2) is 0 Å². The lowest BCUT2D eigenvalue weighted by atomic mass is 10.0. The van der Waals surface area contributed by atoms with E-state index in [1.54, 1.807) is 26.0 Å². The van der Waals surface area contributed by atoms with E-state index in [2.05, 4.69) is 5.32 Å². The Labute approximate surface area is 149 Å². The Morgan fingerprint density at radius 1 is 1.08 bits per heavy atom. The van der Waals surface area contributed by atoms with Crippen LogP contribution in [0.1, 0.15) is 40.0 Å². The highest BCUT2D eigenvalue weighted by Gasteiger charge is 2.30. The van der Waals surface area contributed by atoms with Gasteiger partial charge in [-0.1, -0.05) is 12.1 Å². The van der Waals surface area contributed by atoms with Crippen LogP contribution >= 0.6 is 0 Å². The minimum atomic E-state index is -4.43. The third kappa shape index (κ3) is 4.28. The number of hydrogen-bond donors (Lipinski definition) is 1. The van der Waals surface area contributed by atoms with E-state index < -0.39 is 23.7 Å². The van der Waals surface area contributed by atoms with Crippen LogP contribution in [0.25, 0.3) is 0 Å². The number of amides is 1. The molecule has 1 N–H and O–H groups in total. The Bertz CT molecular complexity index is 778. The summed E-state index contributed by atoms with van der Waals surface area (Å²) >= 11 is 0. The highest BCUT2D eigenvalue weighted by Crippen LogP contribution is 2.31. The molecule has 0 bridgehead atoms. The molecule has 0 saturated carbocycles. The van der Waals surface area contributed by atoms with Crippen LogP contribution in [0, 0.1) is 6.92 Å². The molecule has 0 fully saturated rings. The van der Waals surface area contributed by atoms with Gasteiger partial charge in [0.15, 0.2) is 0 Å². The van der Waals surface area contributed by atoms with Crippen molar-refractivity contribution in [1.82, 2.24) is 5.32 Å². The zero-order valence-corrected chi connectivity index (χ0v) is 14.9. The van der Waals surface area contributed by atoms with Crippen molar-refractivity contribution in [2.24, 2.45) is 0 Å². The average molecular weight is 367 g/mol. The van der Waals surface area contributed by atoms with E-state index in [0.717, 1.165) is 17.7 Å². The number of rotatable bonds is 5. The van der Waals surface area contributed by atoms with Gasteiger partial charge in [-0.15, -0.1) is 0 Å². The largest absolute Gasteiger partial charge is 0.496 e. The summed E-state index contributed by atoms with van der Waals surface area (Å²) in [6, 6.07) is 7.39. The summed E-state index contributed by atoms with van der Waals surface area (Å²) in [6.07, 6.45) is -4.43. The molecule has 1 unspecified atom stereocenters. The smallest absolute Gasteiger partial charge is 0.416 e. The van der Waals surface area contributed by atoms with Crippen LogP contribution in [-0.4, -0.2) is 20.1 Å². The fourth-order valence-electron chi connectivity index (χ4n) is 2.56. The monoisotopic (exact) mass is 367 g/mol. The van der Waals surface area contributed by atoms with Crippen LogP contribution in [0.5, 0.6) is 11.5 Å². The second-order valence-electron chi connectivity index (χ2n) is 5.82. The molecule has 0 saturated heterocycles. The van der Waals surface area contributed by atoms with Crippen LogP contribution in [0.3, 0.4) is 0 Å². The maximum absolute atomic E-state index is 12.8. The Morgan fingerprint density at radius 3 is 2.15 bits per heavy atom. The molecule has 4 nitrogen and oxygen atoms in total. The molecule has 2 aromatic rings. The van der Waals surface area contributed by atoms with Gasteiger partial charge in [-0.05, 0) is 43.7 Å². The van der Waals surface area contributed by atoms with Gasteiger partial charge < -0.3 is 14.8 Å². The summed E-state index contributed by atoms with van der Waals surface area (Å²) in [5.41, 5.74) is 0.648. The molecule has 0 spiro atoms. The third-order valence-corrected chi connectivity index (χ3v) is 4.08. The standard InChI is InChI=1S/C19H20F3NO3/c1-11-16(25-3)9-14(10-17(11)26-4)18(24)23-12(2)13-6-5-7-15(8-13)19(20,21)22/h5-10,12H,1-4H3,(H,23,24). The first kappa shape index (κ1) is 19.6. The summed E-state index contributed by atoms with van der Waals surface area (Å²) in [4.78, 5) is 12.5. The molecule has 0 radical (unpaired) electrons. The van der Waals surface area contributed by atoms with Crippen LogP contribution < -0.4 is 14.8 Å². The van der Waals surface area contributed by atoms with Gasteiger partial charge in [0, 0.05) is 11.1 Å². The molecule has 2 rings (SSSR count). The third-order valence-electron chi connectivity index (χ3n) is 4.08. The second kappa shape index (κ2) is 7.68. The molecular weight excluding hydrogens is 347 g/mol. The number of hydrogen-bond acceptors (Lipinski definition) is 3. The lowest BCUT2D eigenvalue weighted by Gasteiger charge is -2.17. The van der Waals surface area contributed by atoms with E-state index in [0.29, 0.717) is 22.6 Å². The van der Waals surface area contributed by atoms with E-state index in [-0.39, 0.29) is 0 Å². The van der Waals surface area contributed by atoms with Gasteiger partial charge in [-0.3, -0.25) is 4.79 Å². The topological polar surface area (TPSA) is 47.6 Å². The average Bonchev–Trinajstić information content (AvgIpc) is 2.61. The molecule has 0 aliphatic carbocycles. The minimum absolute atomic E-state index is 0.295. The van der Waals surface area contributed by atoms with Gasteiger partial charge in [0.2, 0.25) is 0 Å². The van der Waals surface area contributed by atoms with Crippen molar-refractivity contribution >= 4 is 5.91 Å². The molecule has 0 heterocycles. The summed E-state index contributed by atoms with van der Waals surface area (Å²) in [5.74, 6) is 0.536. The fourth-order valence-corrected chi connectivity index (χ4v) is 2.56. The van der Waals surface area contributed by atoms with E-state index in [1.807, 2.05) is 0 Å². The SMILES string of the molecule is COc1cc(C(=O)NC(C)c2cccc(C(F)(F)F)c2)cc(OC)c1C. The summed E-state index contributed by atoms with van der Waals surface area (Å²) in [7, 11) is 2.96. The molecule has 1 amide bonds.